The summed E-state index contributed by atoms with van der Waals surface area (Å²) in [4.78, 5) is 6.28. The van der Waals surface area contributed by atoms with E-state index in [-0.39, 0.29) is 6.04 Å². The molecule has 5 heteroatoms. The fraction of sp³-hybridized carbons (Fsp3) is 0.500. The SMILES string of the molecule is CC(CC#N)N(C)c1nc(Br)cs1. The summed E-state index contributed by atoms with van der Waals surface area (Å²) in [5.74, 6) is 0. The molecule has 0 fully saturated rings. The zero-order valence-electron chi connectivity index (χ0n) is 7.49. The zero-order valence-corrected chi connectivity index (χ0v) is 9.89. The van der Waals surface area contributed by atoms with Crippen LogP contribution in [0.15, 0.2) is 9.98 Å². The van der Waals surface area contributed by atoms with E-state index in [4.69, 9.17) is 5.26 Å². The quantitative estimate of drug-likeness (QED) is 0.838. The van der Waals surface area contributed by atoms with Crippen molar-refractivity contribution >= 4 is 32.4 Å². The van der Waals surface area contributed by atoms with E-state index < -0.39 is 0 Å². The van der Waals surface area contributed by atoms with E-state index in [1.807, 2.05) is 24.3 Å². The Morgan fingerprint density at radius 2 is 2.54 bits per heavy atom. The summed E-state index contributed by atoms with van der Waals surface area (Å²) in [5, 5.41) is 11.4. The van der Waals surface area contributed by atoms with E-state index in [9.17, 15) is 0 Å². The Bertz CT molecular complexity index is 317. The third-order valence-electron chi connectivity index (χ3n) is 1.81. The van der Waals surface area contributed by atoms with E-state index in [1.165, 1.54) is 0 Å². The molecule has 70 valence electrons. The molecule has 1 atom stereocenters. The van der Waals surface area contributed by atoms with Crippen LogP contribution in [0, 0.1) is 11.3 Å². The maximum absolute atomic E-state index is 8.53. The third-order valence-corrected chi connectivity index (χ3v) is 3.45. The molecule has 1 aromatic rings. The van der Waals surface area contributed by atoms with Crippen LogP contribution in [-0.2, 0) is 0 Å². The first kappa shape index (κ1) is 10.5. The Morgan fingerprint density at radius 3 is 3.00 bits per heavy atom. The summed E-state index contributed by atoms with van der Waals surface area (Å²) in [6, 6.07) is 2.36. The van der Waals surface area contributed by atoms with Crippen molar-refractivity contribution in [3.63, 3.8) is 0 Å². The van der Waals surface area contributed by atoms with Gasteiger partial charge < -0.3 is 4.90 Å². The minimum atomic E-state index is 0.211. The normalized spacial score (nSPS) is 12.2. The van der Waals surface area contributed by atoms with Crippen LogP contribution >= 0.6 is 27.3 Å². The third kappa shape index (κ3) is 2.68. The zero-order chi connectivity index (χ0) is 9.84. The van der Waals surface area contributed by atoms with Gasteiger partial charge in [0.2, 0.25) is 0 Å². The first-order valence-electron chi connectivity index (χ1n) is 3.86. The van der Waals surface area contributed by atoms with Gasteiger partial charge in [0, 0.05) is 18.5 Å². The van der Waals surface area contributed by atoms with Crippen molar-refractivity contribution in [2.45, 2.75) is 19.4 Å². The number of thiazole rings is 1. The summed E-state index contributed by atoms with van der Waals surface area (Å²) in [7, 11) is 1.95. The molecule has 0 aliphatic carbocycles. The van der Waals surface area contributed by atoms with Gasteiger partial charge in [0.25, 0.3) is 0 Å². The molecule has 0 amide bonds. The smallest absolute Gasteiger partial charge is 0.186 e. The van der Waals surface area contributed by atoms with Crippen LogP contribution in [0.2, 0.25) is 0 Å². The number of nitrogens with zero attached hydrogens (tertiary/aromatic N) is 3. The lowest BCUT2D eigenvalue weighted by Gasteiger charge is -2.21. The molecule has 13 heavy (non-hydrogen) atoms. The van der Waals surface area contributed by atoms with Gasteiger partial charge in [-0.15, -0.1) is 11.3 Å². The Kier molecular flexibility index (Phi) is 3.70. The molecular weight excluding hydrogens is 250 g/mol. The maximum atomic E-state index is 8.53. The number of nitriles is 1. The molecular formula is C8H10BrN3S. The molecule has 0 bridgehead atoms. The first-order chi connectivity index (χ1) is 6.15. The maximum Gasteiger partial charge on any atom is 0.186 e. The number of aromatic nitrogens is 1. The van der Waals surface area contributed by atoms with E-state index >= 15 is 0 Å². The van der Waals surface area contributed by atoms with Gasteiger partial charge in [0.15, 0.2) is 5.13 Å². The van der Waals surface area contributed by atoms with Gasteiger partial charge in [0.1, 0.15) is 4.60 Å². The minimum Gasteiger partial charge on any atom is -0.347 e. The molecule has 0 aliphatic rings. The molecule has 1 heterocycles. The van der Waals surface area contributed by atoms with Crippen molar-refractivity contribution in [2.75, 3.05) is 11.9 Å². The summed E-state index contributed by atoms with van der Waals surface area (Å²) in [6.07, 6.45) is 0.522. The summed E-state index contributed by atoms with van der Waals surface area (Å²) in [6.45, 7) is 2.01. The lowest BCUT2D eigenvalue weighted by atomic mass is 10.2. The standard InChI is InChI=1S/C8H10BrN3S/c1-6(3-4-10)12(2)8-11-7(9)5-13-8/h5-6H,3H2,1-2H3. The number of halogens is 1. The molecule has 1 rings (SSSR count). The van der Waals surface area contributed by atoms with E-state index in [2.05, 4.69) is 27.0 Å². The van der Waals surface area contributed by atoms with Crippen LogP contribution in [0.3, 0.4) is 0 Å². The van der Waals surface area contributed by atoms with Crippen LogP contribution in [0.25, 0.3) is 0 Å². The Morgan fingerprint density at radius 1 is 1.85 bits per heavy atom. The molecule has 0 spiro atoms. The van der Waals surface area contributed by atoms with E-state index in [0.717, 1.165) is 9.73 Å². The number of hydrogen-bond donors (Lipinski definition) is 0. The molecule has 0 aromatic carbocycles. The predicted molar refractivity (Wildman–Crippen MR) is 57.9 cm³/mol. The molecule has 0 aliphatic heterocycles. The first-order valence-corrected chi connectivity index (χ1v) is 5.53. The van der Waals surface area contributed by atoms with Crippen LogP contribution in [-0.4, -0.2) is 18.1 Å². The molecule has 0 radical (unpaired) electrons. The highest BCUT2D eigenvalue weighted by Crippen LogP contribution is 2.24. The largest absolute Gasteiger partial charge is 0.347 e. The average molecular weight is 260 g/mol. The molecule has 0 N–H and O–H groups in total. The van der Waals surface area contributed by atoms with E-state index in [0.29, 0.717) is 6.42 Å². The van der Waals surface area contributed by atoms with Gasteiger partial charge in [0.05, 0.1) is 12.5 Å². The molecule has 0 saturated carbocycles. The lowest BCUT2D eigenvalue weighted by Crippen LogP contribution is -2.28. The number of hydrogen-bond acceptors (Lipinski definition) is 4. The van der Waals surface area contributed by atoms with Gasteiger partial charge in [-0.2, -0.15) is 5.26 Å². The lowest BCUT2D eigenvalue weighted by molar-refractivity contribution is 0.700. The molecule has 1 aromatic heterocycles. The summed E-state index contributed by atoms with van der Waals surface area (Å²) < 4.78 is 0.850. The predicted octanol–water partition coefficient (Wildman–Crippen LogP) is 2.64. The topological polar surface area (TPSA) is 39.9 Å². The highest BCUT2D eigenvalue weighted by molar-refractivity contribution is 9.10. The van der Waals surface area contributed by atoms with Crippen molar-refractivity contribution < 1.29 is 0 Å². The second-order valence-corrected chi connectivity index (χ2v) is 4.42. The molecule has 1 unspecified atom stereocenters. The molecule has 0 saturated heterocycles. The van der Waals surface area contributed by atoms with Gasteiger partial charge in [-0.1, -0.05) is 0 Å². The summed E-state index contributed by atoms with van der Waals surface area (Å²) >= 11 is 4.87. The second kappa shape index (κ2) is 4.58. The second-order valence-electron chi connectivity index (χ2n) is 2.77. The molecule has 3 nitrogen and oxygen atoms in total. The van der Waals surface area contributed by atoms with Crippen molar-refractivity contribution in [3.8, 4) is 6.07 Å². The fourth-order valence-electron chi connectivity index (χ4n) is 0.865. The average Bonchev–Trinajstić information content (AvgIpc) is 2.51. The fourth-order valence-corrected chi connectivity index (χ4v) is 2.18. The van der Waals surface area contributed by atoms with Crippen molar-refractivity contribution in [2.24, 2.45) is 0 Å². The summed E-state index contributed by atoms with van der Waals surface area (Å²) in [5.41, 5.74) is 0. The minimum absolute atomic E-state index is 0.211. The Hall–Kier alpha value is -0.600. The number of rotatable bonds is 3. The van der Waals surface area contributed by atoms with Crippen LogP contribution in [0.5, 0.6) is 0 Å². The van der Waals surface area contributed by atoms with Gasteiger partial charge in [-0.05, 0) is 22.9 Å². The van der Waals surface area contributed by atoms with Crippen LogP contribution in [0.1, 0.15) is 13.3 Å². The Balaban J connectivity index is 2.68. The van der Waals surface area contributed by atoms with Gasteiger partial charge in [-0.25, -0.2) is 4.98 Å². The van der Waals surface area contributed by atoms with E-state index in [1.54, 1.807) is 11.3 Å². The van der Waals surface area contributed by atoms with Gasteiger partial charge >= 0.3 is 0 Å². The van der Waals surface area contributed by atoms with Gasteiger partial charge in [-0.3, -0.25) is 0 Å². The highest BCUT2D eigenvalue weighted by Gasteiger charge is 2.12. The van der Waals surface area contributed by atoms with Crippen molar-refractivity contribution in [1.82, 2.24) is 4.98 Å². The Labute approximate surface area is 90.1 Å². The van der Waals surface area contributed by atoms with Crippen molar-refractivity contribution in [3.05, 3.63) is 9.98 Å². The monoisotopic (exact) mass is 259 g/mol. The van der Waals surface area contributed by atoms with Crippen LogP contribution < -0.4 is 4.90 Å². The number of anilines is 1. The van der Waals surface area contributed by atoms with Crippen LogP contribution in [0.4, 0.5) is 5.13 Å². The highest BCUT2D eigenvalue weighted by atomic mass is 79.9. The van der Waals surface area contributed by atoms with Crippen molar-refractivity contribution in [1.29, 1.82) is 5.26 Å².